The molecular weight excluding hydrogens is 454 g/mol. The number of nitrogens with one attached hydrogen (secondary N) is 2. The van der Waals surface area contributed by atoms with Gasteiger partial charge in [0.15, 0.2) is 0 Å². The zero-order chi connectivity index (χ0) is 24.1. The summed E-state index contributed by atoms with van der Waals surface area (Å²) in [5.74, 6) is 0.0858. The average molecular weight is 484 g/mol. The van der Waals surface area contributed by atoms with Gasteiger partial charge in [0, 0.05) is 19.1 Å². The fraction of sp³-hybridized carbons (Fsp3) is 0.320. The molecule has 2 N–H and O–H groups in total. The molecule has 9 heteroatoms. The van der Waals surface area contributed by atoms with E-state index in [1.165, 1.54) is 23.5 Å². The molecule has 4 rings (SSSR count). The molecule has 8 nitrogen and oxygen atoms in total. The van der Waals surface area contributed by atoms with Crippen molar-refractivity contribution in [2.45, 2.75) is 17.9 Å². The first-order valence-electron chi connectivity index (χ1n) is 11.2. The highest BCUT2D eigenvalue weighted by Gasteiger charge is 2.27. The first-order chi connectivity index (χ1) is 16.4. The van der Waals surface area contributed by atoms with Crippen molar-refractivity contribution >= 4 is 32.4 Å². The smallest absolute Gasteiger partial charge is 0.243 e. The Bertz CT molecular complexity index is 1270. The molecule has 1 amide bonds. The SMILES string of the molecule is COc1ccc(S(=O)(=O)N2CCOCC2)cc1NC(=O)CNC(C)c1cccc2ccccc12. The number of hydrogen-bond donors (Lipinski definition) is 2. The van der Waals surface area contributed by atoms with Crippen LogP contribution in [0.15, 0.2) is 65.6 Å². The second-order valence-electron chi connectivity index (χ2n) is 8.10. The second kappa shape index (κ2) is 10.5. The van der Waals surface area contributed by atoms with Crippen molar-refractivity contribution in [1.82, 2.24) is 9.62 Å². The van der Waals surface area contributed by atoms with Crippen molar-refractivity contribution in [2.75, 3.05) is 45.3 Å². The summed E-state index contributed by atoms with van der Waals surface area (Å²) in [4.78, 5) is 12.8. The Hall–Kier alpha value is -2.98. The molecule has 1 unspecified atom stereocenters. The van der Waals surface area contributed by atoms with Gasteiger partial charge in [-0.1, -0.05) is 42.5 Å². The number of hydrogen-bond acceptors (Lipinski definition) is 6. The zero-order valence-corrected chi connectivity index (χ0v) is 20.1. The number of anilines is 1. The second-order valence-corrected chi connectivity index (χ2v) is 10.0. The van der Waals surface area contributed by atoms with Crippen molar-refractivity contribution in [1.29, 1.82) is 0 Å². The van der Waals surface area contributed by atoms with Crippen molar-refractivity contribution in [3.05, 3.63) is 66.2 Å². The number of amides is 1. The van der Waals surface area contributed by atoms with Gasteiger partial charge < -0.3 is 20.1 Å². The molecule has 1 aliphatic rings. The van der Waals surface area contributed by atoms with Gasteiger partial charge in [-0.05, 0) is 41.5 Å². The molecule has 1 fully saturated rings. The highest BCUT2D eigenvalue weighted by molar-refractivity contribution is 7.89. The maximum atomic E-state index is 13.0. The number of carbonyl (C=O) groups excluding carboxylic acids is 1. The van der Waals surface area contributed by atoms with Gasteiger partial charge in [0.1, 0.15) is 5.75 Å². The fourth-order valence-electron chi connectivity index (χ4n) is 4.06. The molecular formula is C25H29N3O5S. The number of fused-ring (bicyclic) bond motifs is 1. The first-order valence-corrected chi connectivity index (χ1v) is 12.6. The van der Waals surface area contributed by atoms with Gasteiger partial charge in [0.25, 0.3) is 0 Å². The third kappa shape index (κ3) is 5.23. The van der Waals surface area contributed by atoms with Gasteiger partial charge in [-0.2, -0.15) is 4.31 Å². The number of sulfonamides is 1. The average Bonchev–Trinajstić information content (AvgIpc) is 2.87. The molecule has 0 aromatic heterocycles. The van der Waals surface area contributed by atoms with E-state index in [1.54, 1.807) is 6.07 Å². The molecule has 1 heterocycles. The third-order valence-corrected chi connectivity index (χ3v) is 7.81. The quantitative estimate of drug-likeness (QED) is 0.511. The van der Waals surface area contributed by atoms with Crippen LogP contribution >= 0.6 is 0 Å². The van der Waals surface area contributed by atoms with Crippen LogP contribution in [0.3, 0.4) is 0 Å². The monoisotopic (exact) mass is 483 g/mol. The molecule has 0 aliphatic carbocycles. The minimum atomic E-state index is -3.70. The maximum Gasteiger partial charge on any atom is 0.243 e. The molecule has 1 atom stereocenters. The van der Waals surface area contributed by atoms with Crippen LogP contribution in [0.5, 0.6) is 5.75 Å². The van der Waals surface area contributed by atoms with Gasteiger partial charge in [-0.15, -0.1) is 0 Å². The van der Waals surface area contributed by atoms with Gasteiger partial charge >= 0.3 is 0 Å². The highest BCUT2D eigenvalue weighted by atomic mass is 32.2. The summed E-state index contributed by atoms with van der Waals surface area (Å²) in [6, 6.07) is 18.6. The van der Waals surface area contributed by atoms with E-state index in [1.807, 2.05) is 31.2 Å². The van der Waals surface area contributed by atoms with E-state index >= 15 is 0 Å². The molecule has 180 valence electrons. The van der Waals surface area contributed by atoms with Gasteiger partial charge in [0.2, 0.25) is 15.9 Å². The lowest BCUT2D eigenvalue weighted by Crippen LogP contribution is -2.40. The Balaban J connectivity index is 1.46. The Morgan fingerprint density at radius 3 is 2.59 bits per heavy atom. The van der Waals surface area contributed by atoms with Crippen LogP contribution in [0.2, 0.25) is 0 Å². The molecule has 34 heavy (non-hydrogen) atoms. The standard InChI is InChI=1S/C25H29N3O5S/c1-18(21-9-5-7-19-6-3-4-8-22(19)21)26-17-25(29)27-23-16-20(10-11-24(23)32-2)34(30,31)28-12-14-33-15-13-28/h3-11,16,18,26H,12-15,17H2,1-2H3,(H,27,29). The Kier molecular flexibility index (Phi) is 7.47. The molecule has 0 spiro atoms. The van der Waals surface area contributed by atoms with Crippen LogP contribution in [0, 0.1) is 0 Å². The van der Waals surface area contributed by atoms with E-state index in [4.69, 9.17) is 9.47 Å². The van der Waals surface area contributed by atoms with E-state index < -0.39 is 10.0 Å². The fourth-order valence-corrected chi connectivity index (χ4v) is 5.49. The van der Waals surface area contributed by atoms with Crippen LogP contribution in [-0.2, 0) is 19.6 Å². The number of carbonyl (C=O) groups is 1. The number of ether oxygens (including phenoxy) is 2. The summed E-state index contributed by atoms with van der Waals surface area (Å²) in [6.07, 6.45) is 0. The van der Waals surface area contributed by atoms with Gasteiger partial charge in [0.05, 0.1) is 37.5 Å². The molecule has 0 radical (unpaired) electrons. The first kappa shape index (κ1) is 24.2. The van der Waals surface area contributed by atoms with E-state index in [0.29, 0.717) is 37.7 Å². The van der Waals surface area contributed by atoms with E-state index in [2.05, 4.69) is 28.8 Å². The van der Waals surface area contributed by atoms with Crippen molar-refractivity contribution in [3.8, 4) is 5.75 Å². The van der Waals surface area contributed by atoms with E-state index in [9.17, 15) is 13.2 Å². The zero-order valence-electron chi connectivity index (χ0n) is 19.3. The summed E-state index contributed by atoms with van der Waals surface area (Å²) >= 11 is 0. The Labute approximate surface area is 199 Å². The lowest BCUT2D eigenvalue weighted by molar-refractivity contribution is -0.115. The maximum absolute atomic E-state index is 13.0. The van der Waals surface area contributed by atoms with Crippen LogP contribution in [0.25, 0.3) is 10.8 Å². The summed E-state index contributed by atoms with van der Waals surface area (Å²) in [7, 11) is -2.22. The molecule has 3 aromatic carbocycles. The minimum absolute atomic E-state index is 0.0496. The van der Waals surface area contributed by atoms with Crippen LogP contribution in [-0.4, -0.2) is 58.6 Å². The predicted molar refractivity (Wildman–Crippen MR) is 132 cm³/mol. The molecule has 3 aromatic rings. The summed E-state index contributed by atoms with van der Waals surface area (Å²) in [5.41, 5.74) is 1.41. The van der Waals surface area contributed by atoms with Gasteiger partial charge in [-0.3, -0.25) is 4.79 Å². The third-order valence-electron chi connectivity index (χ3n) is 5.91. The van der Waals surface area contributed by atoms with Crippen LogP contribution < -0.4 is 15.4 Å². The van der Waals surface area contributed by atoms with E-state index in [0.717, 1.165) is 16.3 Å². The number of rotatable bonds is 8. The molecule has 1 aliphatic heterocycles. The van der Waals surface area contributed by atoms with Crippen LogP contribution in [0.1, 0.15) is 18.5 Å². The molecule has 0 bridgehead atoms. The Morgan fingerprint density at radius 1 is 1.09 bits per heavy atom. The molecule has 0 saturated carbocycles. The summed E-state index contributed by atoms with van der Waals surface area (Å²) in [5, 5.41) is 8.31. The number of morpholine rings is 1. The summed E-state index contributed by atoms with van der Waals surface area (Å²) in [6.45, 7) is 3.37. The normalized spacial score (nSPS) is 15.7. The minimum Gasteiger partial charge on any atom is -0.495 e. The predicted octanol–water partition coefficient (Wildman–Crippen LogP) is 3.16. The number of methoxy groups -OCH3 is 1. The lowest BCUT2D eigenvalue weighted by atomic mass is 10.00. The van der Waals surface area contributed by atoms with Crippen molar-refractivity contribution in [3.63, 3.8) is 0 Å². The van der Waals surface area contributed by atoms with Crippen LogP contribution in [0.4, 0.5) is 5.69 Å². The lowest BCUT2D eigenvalue weighted by Gasteiger charge is -2.26. The summed E-state index contributed by atoms with van der Waals surface area (Å²) < 4.78 is 38.0. The topological polar surface area (TPSA) is 97.0 Å². The van der Waals surface area contributed by atoms with Crippen molar-refractivity contribution < 1.29 is 22.7 Å². The van der Waals surface area contributed by atoms with E-state index in [-0.39, 0.29) is 23.4 Å². The van der Waals surface area contributed by atoms with Gasteiger partial charge in [-0.25, -0.2) is 8.42 Å². The largest absolute Gasteiger partial charge is 0.495 e. The number of nitrogens with zero attached hydrogens (tertiary/aromatic N) is 1. The number of benzene rings is 3. The Morgan fingerprint density at radius 2 is 1.82 bits per heavy atom. The molecule has 1 saturated heterocycles. The van der Waals surface area contributed by atoms with Crippen molar-refractivity contribution in [2.24, 2.45) is 0 Å². The highest BCUT2D eigenvalue weighted by Crippen LogP contribution is 2.29.